The van der Waals surface area contributed by atoms with Crippen molar-refractivity contribution in [3.8, 4) is 11.3 Å². The van der Waals surface area contributed by atoms with Crippen LogP contribution in [0.1, 0.15) is 15.9 Å². The summed E-state index contributed by atoms with van der Waals surface area (Å²) in [6.45, 7) is 4.02. The molecule has 0 spiro atoms. The number of rotatable bonds is 7. The molecule has 0 aliphatic carbocycles. The van der Waals surface area contributed by atoms with Crippen molar-refractivity contribution < 1.29 is 9.53 Å². The maximum absolute atomic E-state index is 13.1. The number of carbonyl (C=O) groups excluding carboxylic acids is 1. The van der Waals surface area contributed by atoms with Crippen LogP contribution >= 0.6 is 11.6 Å². The molecule has 2 N–H and O–H groups in total. The second kappa shape index (κ2) is 11.8. The van der Waals surface area contributed by atoms with Crippen LogP contribution < -0.4 is 10.6 Å². The SMILES string of the molecule is O=C(Nc1ccccc1CN1CCOCC1)c1ccc(Nc2nc(-c3ccccc3)c3cc(Cl)ccc3n2)cc1. The van der Waals surface area contributed by atoms with Crippen molar-refractivity contribution in [1.82, 2.24) is 14.9 Å². The van der Waals surface area contributed by atoms with Crippen LogP contribution in [0.25, 0.3) is 22.2 Å². The van der Waals surface area contributed by atoms with Gasteiger partial charge in [0.25, 0.3) is 5.91 Å². The lowest BCUT2D eigenvalue weighted by Gasteiger charge is -2.27. The van der Waals surface area contributed by atoms with E-state index >= 15 is 0 Å². The van der Waals surface area contributed by atoms with E-state index in [4.69, 9.17) is 26.3 Å². The summed E-state index contributed by atoms with van der Waals surface area (Å²) in [5.74, 6) is 0.300. The summed E-state index contributed by atoms with van der Waals surface area (Å²) in [5, 5.41) is 7.88. The Morgan fingerprint density at radius 3 is 2.42 bits per heavy atom. The van der Waals surface area contributed by atoms with E-state index in [0.717, 1.165) is 71.9 Å². The van der Waals surface area contributed by atoms with Gasteiger partial charge < -0.3 is 15.4 Å². The van der Waals surface area contributed by atoms with Crippen molar-refractivity contribution in [3.05, 3.63) is 113 Å². The number of nitrogens with zero attached hydrogens (tertiary/aromatic N) is 3. The standard InChI is InChI=1S/C32H28ClN5O2/c33-25-12-15-29-27(20-25)30(22-6-2-1-3-7-22)37-32(36-29)34-26-13-10-23(11-14-26)31(39)35-28-9-5-4-8-24(28)21-38-16-18-40-19-17-38/h1-15,20H,16-19,21H2,(H,35,39)(H,34,36,37). The Morgan fingerprint density at radius 1 is 0.875 bits per heavy atom. The molecule has 1 aliphatic rings. The molecule has 40 heavy (non-hydrogen) atoms. The minimum atomic E-state index is -0.161. The van der Waals surface area contributed by atoms with E-state index < -0.39 is 0 Å². The summed E-state index contributed by atoms with van der Waals surface area (Å²) in [6, 6.07) is 30.8. The van der Waals surface area contributed by atoms with Crippen LogP contribution in [0, 0.1) is 0 Å². The quantitative estimate of drug-likeness (QED) is 0.233. The lowest BCUT2D eigenvalue weighted by molar-refractivity contribution is 0.0342. The molecule has 5 aromatic rings. The number of anilines is 3. The highest BCUT2D eigenvalue weighted by atomic mass is 35.5. The number of ether oxygens (including phenoxy) is 1. The number of nitrogens with one attached hydrogen (secondary N) is 2. The number of hydrogen-bond acceptors (Lipinski definition) is 6. The van der Waals surface area contributed by atoms with Gasteiger partial charge in [-0.25, -0.2) is 9.97 Å². The lowest BCUT2D eigenvalue weighted by atomic mass is 10.1. The maximum atomic E-state index is 13.1. The van der Waals surface area contributed by atoms with E-state index in [1.165, 1.54) is 0 Å². The Labute approximate surface area is 237 Å². The van der Waals surface area contributed by atoms with Crippen LogP contribution in [0.5, 0.6) is 0 Å². The number of carbonyl (C=O) groups is 1. The van der Waals surface area contributed by atoms with Crippen LogP contribution in [0.15, 0.2) is 97.1 Å². The fourth-order valence-corrected chi connectivity index (χ4v) is 4.95. The zero-order valence-electron chi connectivity index (χ0n) is 21.8. The third kappa shape index (κ3) is 5.97. The van der Waals surface area contributed by atoms with Gasteiger partial charge in [-0.15, -0.1) is 0 Å². The molecule has 1 fully saturated rings. The molecule has 200 valence electrons. The van der Waals surface area contributed by atoms with E-state index in [9.17, 15) is 4.79 Å². The zero-order valence-corrected chi connectivity index (χ0v) is 22.6. The molecule has 4 aromatic carbocycles. The third-order valence-electron chi connectivity index (χ3n) is 6.87. The van der Waals surface area contributed by atoms with Crippen LogP contribution in [-0.4, -0.2) is 47.1 Å². The van der Waals surface area contributed by atoms with Crippen LogP contribution in [0.4, 0.5) is 17.3 Å². The van der Waals surface area contributed by atoms with Gasteiger partial charge in [0.15, 0.2) is 0 Å². The van der Waals surface area contributed by atoms with E-state index in [0.29, 0.717) is 16.5 Å². The average Bonchev–Trinajstić information content (AvgIpc) is 2.99. The first-order chi connectivity index (χ1) is 19.6. The lowest BCUT2D eigenvalue weighted by Crippen LogP contribution is -2.35. The Hall–Kier alpha value is -4.30. The number of morpholine rings is 1. The van der Waals surface area contributed by atoms with Crippen molar-refractivity contribution in [2.45, 2.75) is 6.54 Å². The number of amides is 1. The first kappa shape index (κ1) is 26.0. The Kier molecular flexibility index (Phi) is 7.68. The van der Waals surface area contributed by atoms with Crippen LogP contribution in [-0.2, 0) is 11.3 Å². The molecule has 0 unspecified atom stereocenters. The smallest absolute Gasteiger partial charge is 0.255 e. The van der Waals surface area contributed by atoms with Gasteiger partial charge in [-0.3, -0.25) is 9.69 Å². The molecule has 6 rings (SSSR count). The highest BCUT2D eigenvalue weighted by Gasteiger charge is 2.15. The molecular weight excluding hydrogens is 522 g/mol. The average molecular weight is 550 g/mol. The first-order valence-electron chi connectivity index (χ1n) is 13.2. The Morgan fingerprint density at radius 2 is 1.62 bits per heavy atom. The van der Waals surface area contributed by atoms with Crippen molar-refractivity contribution in [1.29, 1.82) is 0 Å². The second-order valence-corrected chi connectivity index (χ2v) is 10.1. The monoisotopic (exact) mass is 549 g/mol. The molecule has 2 heterocycles. The van der Waals surface area contributed by atoms with Gasteiger partial charge in [-0.1, -0.05) is 60.1 Å². The van der Waals surface area contributed by atoms with Crippen molar-refractivity contribution in [2.75, 3.05) is 36.9 Å². The molecule has 0 radical (unpaired) electrons. The van der Waals surface area contributed by atoms with Gasteiger partial charge in [0, 0.05) is 52.5 Å². The van der Waals surface area contributed by atoms with Crippen molar-refractivity contribution in [3.63, 3.8) is 0 Å². The zero-order chi connectivity index (χ0) is 27.3. The highest BCUT2D eigenvalue weighted by molar-refractivity contribution is 6.31. The first-order valence-corrected chi connectivity index (χ1v) is 13.6. The van der Waals surface area contributed by atoms with Crippen LogP contribution in [0.3, 0.4) is 0 Å². The summed E-state index contributed by atoms with van der Waals surface area (Å²) in [4.78, 5) is 24.9. The summed E-state index contributed by atoms with van der Waals surface area (Å²) >= 11 is 6.28. The minimum Gasteiger partial charge on any atom is -0.379 e. The molecule has 0 saturated carbocycles. The number of fused-ring (bicyclic) bond motifs is 1. The van der Waals surface area contributed by atoms with Crippen molar-refractivity contribution in [2.24, 2.45) is 0 Å². The number of hydrogen-bond donors (Lipinski definition) is 2. The topological polar surface area (TPSA) is 79.4 Å². The minimum absolute atomic E-state index is 0.161. The molecule has 0 atom stereocenters. The number of halogens is 1. The number of aromatic nitrogens is 2. The number of para-hydroxylation sites is 1. The van der Waals surface area contributed by atoms with Gasteiger partial charge >= 0.3 is 0 Å². The van der Waals surface area contributed by atoms with Gasteiger partial charge in [-0.2, -0.15) is 0 Å². The predicted octanol–water partition coefficient (Wildman–Crippen LogP) is 6.78. The third-order valence-corrected chi connectivity index (χ3v) is 7.11. The highest BCUT2D eigenvalue weighted by Crippen LogP contribution is 2.30. The molecule has 7 nitrogen and oxygen atoms in total. The molecule has 1 aromatic heterocycles. The fraction of sp³-hybridized carbons (Fsp3) is 0.156. The predicted molar refractivity (Wildman–Crippen MR) is 160 cm³/mol. The van der Waals surface area contributed by atoms with Gasteiger partial charge in [-0.05, 0) is 54.1 Å². The molecule has 1 aliphatic heterocycles. The Bertz CT molecular complexity index is 1640. The Balaban J connectivity index is 1.19. The molecular formula is C32H28ClN5O2. The van der Waals surface area contributed by atoms with E-state index in [1.807, 2.05) is 78.9 Å². The maximum Gasteiger partial charge on any atom is 0.255 e. The summed E-state index contributed by atoms with van der Waals surface area (Å²) in [7, 11) is 0. The molecule has 0 bridgehead atoms. The summed E-state index contributed by atoms with van der Waals surface area (Å²) in [6.07, 6.45) is 0. The van der Waals surface area contributed by atoms with Gasteiger partial charge in [0.2, 0.25) is 5.95 Å². The van der Waals surface area contributed by atoms with E-state index in [2.05, 4.69) is 21.6 Å². The van der Waals surface area contributed by atoms with Crippen molar-refractivity contribution >= 4 is 45.7 Å². The summed E-state index contributed by atoms with van der Waals surface area (Å²) in [5.41, 5.74) is 5.79. The number of benzene rings is 4. The van der Waals surface area contributed by atoms with E-state index in [-0.39, 0.29) is 5.91 Å². The van der Waals surface area contributed by atoms with Gasteiger partial charge in [0.1, 0.15) is 0 Å². The largest absolute Gasteiger partial charge is 0.379 e. The van der Waals surface area contributed by atoms with Gasteiger partial charge in [0.05, 0.1) is 24.4 Å². The molecule has 1 amide bonds. The fourth-order valence-electron chi connectivity index (χ4n) is 4.78. The van der Waals surface area contributed by atoms with Crippen LogP contribution in [0.2, 0.25) is 5.02 Å². The summed E-state index contributed by atoms with van der Waals surface area (Å²) < 4.78 is 5.46. The second-order valence-electron chi connectivity index (χ2n) is 9.63. The molecule has 1 saturated heterocycles. The van der Waals surface area contributed by atoms with E-state index in [1.54, 1.807) is 12.1 Å². The molecule has 8 heteroatoms. The normalized spacial score (nSPS) is 13.7.